The summed E-state index contributed by atoms with van der Waals surface area (Å²) in [5.74, 6) is 0.880. The van der Waals surface area contributed by atoms with Crippen molar-refractivity contribution in [3.63, 3.8) is 0 Å². The average molecular weight is 219 g/mol. The Balaban J connectivity index is 2.13. The molecule has 0 spiro atoms. The van der Waals surface area contributed by atoms with E-state index in [9.17, 15) is 0 Å². The topological polar surface area (TPSA) is 28.2 Å². The summed E-state index contributed by atoms with van der Waals surface area (Å²) >= 11 is 0. The molecule has 1 N–H and O–H groups in total. The number of hydrogen-bond donors (Lipinski definition) is 1. The minimum atomic E-state index is 0.880. The maximum absolute atomic E-state index is 4.21. The van der Waals surface area contributed by atoms with Crippen LogP contribution >= 0.6 is 0 Å². The highest BCUT2D eigenvalue weighted by molar-refractivity contribution is 5.52. The van der Waals surface area contributed by atoms with E-state index in [4.69, 9.17) is 0 Å². The Kier molecular flexibility index (Phi) is 3.78. The quantitative estimate of drug-likeness (QED) is 0.843. The SMILES string of the molecule is CNCc1cnccc1N1CCC(C)CC1. The second-order valence-corrected chi connectivity index (χ2v) is 4.70. The van der Waals surface area contributed by atoms with Crippen LogP contribution in [-0.2, 0) is 6.54 Å². The fraction of sp³-hybridized carbons (Fsp3) is 0.615. The van der Waals surface area contributed by atoms with Crippen LogP contribution in [0.4, 0.5) is 5.69 Å². The van der Waals surface area contributed by atoms with Gasteiger partial charge in [0.15, 0.2) is 0 Å². The molecule has 1 aromatic rings. The molecule has 0 saturated carbocycles. The molecule has 0 amide bonds. The highest BCUT2D eigenvalue weighted by atomic mass is 15.1. The first-order chi connectivity index (χ1) is 7.81. The lowest BCUT2D eigenvalue weighted by atomic mass is 9.98. The summed E-state index contributed by atoms with van der Waals surface area (Å²) in [6.07, 6.45) is 6.49. The number of piperidine rings is 1. The molecule has 0 aliphatic carbocycles. The highest BCUT2D eigenvalue weighted by Crippen LogP contribution is 2.25. The summed E-state index contributed by atoms with van der Waals surface area (Å²) < 4.78 is 0. The van der Waals surface area contributed by atoms with Crippen LogP contribution in [0, 0.1) is 5.92 Å². The molecule has 3 heteroatoms. The number of nitrogens with zero attached hydrogens (tertiary/aromatic N) is 2. The van der Waals surface area contributed by atoms with E-state index in [0.29, 0.717) is 0 Å². The third-order valence-electron chi connectivity index (χ3n) is 3.37. The predicted molar refractivity (Wildman–Crippen MR) is 67.6 cm³/mol. The van der Waals surface area contributed by atoms with Gasteiger partial charge in [-0.05, 0) is 31.9 Å². The van der Waals surface area contributed by atoms with Crippen molar-refractivity contribution in [2.45, 2.75) is 26.3 Å². The fourth-order valence-corrected chi connectivity index (χ4v) is 2.30. The van der Waals surface area contributed by atoms with E-state index in [2.05, 4.69) is 28.2 Å². The van der Waals surface area contributed by atoms with Crippen molar-refractivity contribution >= 4 is 5.69 Å². The summed E-state index contributed by atoms with van der Waals surface area (Å²) in [5, 5.41) is 3.21. The van der Waals surface area contributed by atoms with Crippen LogP contribution in [0.5, 0.6) is 0 Å². The van der Waals surface area contributed by atoms with Crippen molar-refractivity contribution < 1.29 is 0 Å². The van der Waals surface area contributed by atoms with E-state index in [1.54, 1.807) is 0 Å². The van der Waals surface area contributed by atoms with Crippen molar-refractivity contribution in [2.75, 3.05) is 25.0 Å². The van der Waals surface area contributed by atoms with Crippen LogP contribution in [0.3, 0.4) is 0 Å². The summed E-state index contributed by atoms with van der Waals surface area (Å²) in [4.78, 5) is 6.70. The van der Waals surface area contributed by atoms with E-state index < -0.39 is 0 Å². The Hall–Kier alpha value is -1.09. The summed E-state index contributed by atoms with van der Waals surface area (Å²) in [7, 11) is 1.98. The third kappa shape index (κ3) is 2.53. The smallest absolute Gasteiger partial charge is 0.0442 e. The minimum absolute atomic E-state index is 0.880. The van der Waals surface area contributed by atoms with Gasteiger partial charge in [0.05, 0.1) is 0 Å². The monoisotopic (exact) mass is 219 g/mol. The first kappa shape index (κ1) is 11.4. The van der Waals surface area contributed by atoms with Crippen LogP contribution < -0.4 is 10.2 Å². The number of rotatable bonds is 3. The minimum Gasteiger partial charge on any atom is -0.371 e. The van der Waals surface area contributed by atoms with Gasteiger partial charge < -0.3 is 10.2 Å². The van der Waals surface area contributed by atoms with Gasteiger partial charge in [-0.15, -0.1) is 0 Å². The second-order valence-electron chi connectivity index (χ2n) is 4.70. The van der Waals surface area contributed by atoms with Gasteiger partial charge in [-0.1, -0.05) is 6.92 Å². The number of pyridine rings is 1. The number of hydrogen-bond acceptors (Lipinski definition) is 3. The normalized spacial score (nSPS) is 17.8. The second kappa shape index (κ2) is 5.30. The van der Waals surface area contributed by atoms with Gasteiger partial charge in [-0.2, -0.15) is 0 Å². The highest BCUT2D eigenvalue weighted by Gasteiger charge is 2.17. The molecule has 0 aromatic carbocycles. The molecule has 1 aliphatic heterocycles. The number of nitrogens with one attached hydrogen (secondary N) is 1. The maximum atomic E-state index is 4.21. The number of anilines is 1. The van der Waals surface area contributed by atoms with Gasteiger partial charge in [0.1, 0.15) is 0 Å². The zero-order valence-electron chi connectivity index (χ0n) is 10.2. The molecule has 1 aromatic heterocycles. The molecule has 1 saturated heterocycles. The molecule has 88 valence electrons. The van der Waals surface area contributed by atoms with Gasteiger partial charge in [0, 0.05) is 43.3 Å². The molecular weight excluding hydrogens is 198 g/mol. The van der Waals surface area contributed by atoms with Crippen molar-refractivity contribution in [3.8, 4) is 0 Å². The Morgan fingerprint density at radius 3 is 2.88 bits per heavy atom. The lowest BCUT2D eigenvalue weighted by Crippen LogP contribution is -2.33. The lowest BCUT2D eigenvalue weighted by molar-refractivity contribution is 0.437. The molecule has 2 heterocycles. The predicted octanol–water partition coefficient (Wildman–Crippen LogP) is 2.04. The van der Waals surface area contributed by atoms with E-state index >= 15 is 0 Å². The number of aromatic nitrogens is 1. The Labute approximate surface area is 97.9 Å². The molecule has 1 fully saturated rings. The van der Waals surface area contributed by atoms with Crippen molar-refractivity contribution in [3.05, 3.63) is 24.0 Å². The van der Waals surface area contributed by atoms with E-state index in [0.717, 1.165) is 12.5 Å². The van der Waals surface area contributed by atoms with Crippen molar-refractivity contribution in [2.24, 2.45) is 5.92 Å². The molecule has 16 heavy (non-hydrogen) atoms. The van der Waals surface area contributed by atoms with Crippen LogP contribution in [0.25, 0.3) is 0 Å². The van der Waals surface area contributed by atoms with E-state index in [-0.39, 0.29) is 0 Å². The van der Waals surface area contributed by atoms with Crippen LogP contribution in [-0.4, -0.2) is 25.1 Å². The average Bonchev–Trinajstić information content (AvgIpc) is 2.32. The molecule has 0 atom stereocenters. The Morgan fingerprint density at radius 2 is 2.19 bits per heavy atom. The zero-order chi connectivity index (χ0) is 11.4. The molecular formula is C13H21N3. The molecule has 3 nitrogen and oxygen atoms in total. The zero-order valence-corrected chi connectivity index (χ0v) is 10.2. The summed E-state index contributed by atoms with van der Waals surface area (Å²) in [6.45, 7) is 5.61. The lowest BCUT2D eigenvalue weighted by Gasteiger charge is -2.33. The fourth-order valence-electron chi connectivity index (χ4n) is 2.30. The molecule has 2 rings (SSSR count). The van der Waals surface area contributed by atoms with Crippen LogP contribution in [0.1, 0.15) is 25.3 Å². The molecule has 0 unspecified atom stereocenters. The molecule has 1 aliphatic rings. The summed E-state index contributed by atoms with van der Waals surface area (Å²) in [6, 6.07) is 2.14. The van der Waals surface area contributed by atoms with E-state index in [1.165, 1.54) is 37.2 Å². The standard InChI is InChI=1S/C13H21N3/c1-11-4-7-16(8-5-11)13-3-6-15-10-12(13)9-14-2/h3,6,10-11,14H,4-5,7-9H2,1-2H3. The van der Waals surface area contributed by atoms with E-state index in [1.807, 2.05) is 19.4 Å². The molecule has 0 bridgehead atoms. The van der Waals surface area contributed by atoms with Crippen molar-refractivity contribution in [1.29, 1.82) is 0 Å². The first-order valence-electron chi connectivity index (χ1n) is 6.13. The first-order valence-corrected chi connectivity index (χ1v) is 6.13. The largest absolute Gasteiger partial charge is 0.371 e. The molecule has 0 radical (unpaired) electrons. The van der Waals surface area contributed by atoms with Gasteiger partial charge in [0.25, 0.3) is 0 Å². The Morgan fingerprint density at radius 1 is 1.44 bits per heavy atom. The maximum Gasteiger partial charge on any atom is 0.0442 e. The van der Waals surface area contributed by atoms with Gasteiger partial charge in [-0.3, -0.25) is 4.98 Å². The van der Waals surface area contributed by atoms with Gasteiger partial charge >= 0.3 is 0 Å². The van der Waals surface area contributed by atoms with Crippen LogP contribution in [0.15, 0.2) is 18.5 Å². The Bertz CT molecular complexity index is 330. The van der Waals surface area contributed by atoms with Crippen LogP contribution in [0.2, 0.25) is 0 Å². The third-order valence-corrected chi connectivity index (χ3v) is 3.37. The van der Waals surface area contributed by atoms with Gasteiger partial charge in [0.2, 0.25) is 0 Å². The summed E-state index contributed by atoms with van der Waals surface area (Å²) in [5.41, 5.74) is 2.66. The van der Waals surface area contributed by atoms with Gasteiger partial charge in [-0.25, -0.2) is 0 Å². The van der Waals surface area contributed by atoms with Crippen molar-refractivity contribution in [1.82, 2.24) is 10.3 Å².